The van der Waals surface area contributed by atoms with Gasteiger partial charge >= 0.3 is 0 Å². The van der Waals surface area contributed by atoms with Crippen LogP contribution in [0.25, 0.3) is 0 Å². The lowest BCUT2D eigenvalue weighted by molar-refractivity contribution is 0.0938. The molecule has 2 aromatic carbocycles. The average molecular weight is 528 g/mol. The van der Waals surface area contributed by atoms with Crippen LogP contribution in [-0.4, -0.2) is 33.7 Å². The van der Waals surface area contributed by atoms with Gasteiger partial charge in [0.1, 0.15) is 11.6 Å². The van der Waals surface area contributed by atoms with Crippen molar-refractivity contribution in [2.24, 2.45) is 0 Å². The molecule has 0 spiro atoms. The first-order valence-corrected chi connectivity index (χ1v) is 11.6. The summed E-state index contributed by atoms with van der Waals surface area (Å²) >= 11 is 0. The third-order valence-corrected chi connectivity index (χ3v) is 6.38. The molecule has 0 aromatic heterocycles. The molecule has 0 fully saturated rings. The first-order valence-electron chi connectivity index (χ1n) is 11.6. The molecule has 1 aliphatic heterocycles. The van der Waals surface area contributed by atoms with Gasteiger partial charge in [0.05, 0.1) is 12.1 Å². The zero-order valence-corrected chi connectivity index (χ0v) is 23.5. The highest BCUT2D eigenvalue weighted by Crippen LogP contribution is 2.40. The van der Waals surface area contributed by atoms with Gasteiger partial charge in [-0.1, -0.05) is 78.0 Å². The smallest absolute Gasteiger partial charge is 0.182 e. The van der Waals surface area contributed by atoms with Crippen LogP contribution in [0.1, 0.15) is 82.4 Å². The fourth-order valence-corrected chi connectivity index (χ4v) is 4.44. The molecule has 2 N–H and O–H groups in total. The number of aromatic hydroxyl groups is 1. The molecule has 0 bridgehead atoms. The number of Topliss-reactive ketones (excluding diaryl/α,β-unsaturated/α-hetero) is 1. The van der Waals surface area contributed by atoms with Crippen molar-refractivity contribution in [1.29, 1.82) is 5.41 Å². The van der Waals surface area contributed by atoms with Gasteiger partial charge < -0.3 is 10.0 Å². The minimum Gasteiger partial charge on any atom is -0.507 e. The molecule has 0 unspecified atom stereocenters. The van der Waals surface area contributed by atoms with Crippen LogP contribution in [0.3, 0.4) is 0 Å². The van der Waals surface area contributed by atoms with Gasteiger partial charge in [0.25, 0.3) is 0 Å². The standard InChI is InChI=1S/C29H38N2O2.BrH/c1-27(2,3)22-15-20(16-23(25(22)33)28(4,5)6)24(32)18-31-26(30)21(17-29(31,7)8)14-19-12-10-9-11-13-19;/h9-13,15-17,30,33H,14,18H2,1-8H3;1H. The van der Waals surface area contributed by atoms with Crippen LogP contribution in [0.2, 0.25) is 0 Å². The summed E-state index contributed by atoms with van der Waals surface area (Å²) in [5.74, 6) is 0.633. The maximum absolute atomic E-state index is 13.5. The van der Waals surface area contributed by atoms with Gasteiger partial charge in [0.2, 0.25) is 0 Å². The molecule has 184 valence electrons. The largest absolute Gasteiger partial charge is 0.507 e. The number of nitrogens with zero attached hydrogens (tertiary/aromatic N) is 1. The van der Waals surface area contributed by atoms with E-state index in [0.717, 1.165) is 22.3 Å². The number of benzene rings is 2. The minimum atomic E-state index is -0.423. The Bertz CT molecular complexity index is 1070. The lowest BCUT2D eigenvalue weighted by Crippen LogP contribution is -2.44. The molecule has 0 atom stereocenters. The average Bonchev–Trinajstić information content (AvgIpc) is 2.89. The Morgan fingerprint density at radius 1 is 0.971 bits per heavy atom. The summed E-state index contributed by atoms with van der Waals surface area (Å²) < 4.78 is 0. The van der Waals surface area contributed by atoms with E-state index in [0.29, 0.717) is 17.8 Å². The molecule has 1 aliphatic rings. The quantitative estimate of drug-likeness (QED) is 0.412. The van der Waals surface area contributed by atoms with E-state index >= 15 is 0 Å². The summed E-state index contributed by atoms with van der Waals surface area (Å²) in [4.78, 5) is 15.4. The van der Waals surface area contributed by atoms with Crippen LogP contribution in [0.15, 0.2) is 54.1 Å². The predicted molar refractivity (Wildman–Crippen MR) is 147 cm³/mol. The van der Waals surface area contributed by atoms with Gasteiger partial charge in [-0.05, 0) is 47.9 Å². The Labute approximate surface area is 215 Å². The highest BCUT2D eigenvalue weighted by molar-refractivity contribution is 8.93. The van der Waals surface area contributed by atoms with Crippen LogP contribution < -0.4 is 0 Å². The van der Waals surface area contributed by atoms with Gasteiger partial charge in [-0.2, -0.15) is 0 Å². The summed E-state index contributed by atoms with van der Waals surface area (Å²) in [5.41, 5.74) is 3.20. The van der Waals surface area contributed by atoms with E-state index in [1.807, 2.05) is 90.6 Å². The monoisotopic (exact) mass is 526 g/mol. The maximum Gasteiger partial charge on any atom is 0.182 e. The number of carbonyl (C=O) groups is 1. The second-order valence-corrected chi connectivity index (χ2v) is 11.8. The highest BCUT2D eigenvalue weighted by atomic mass is 79.9. The van der Waals surface area contributed by atoms with Crippen molar-refractivity contribution in [1.82, 2.24) is 4.90 Å². The highest BCUT2D eigenvalue weighted by Gasteiger charge is 2.37. The number of hydrogen-bond donors (Lipinski definition) is 2. The van der Waals surface area contributed by atoms with Crippen molar-refractivity contribution in [2.75, 3.05) is 6.54 Å². The maximum atomic E-state index is 13.5. The number of rotatable bonds is 5. The molecule has 34 heavy (non-hydrogen) atoms. The lowest BCUT2D eigenvalue weighted by Gasteiger charge is -2.33. The van der Waals surface area contributed by atoms with Crippen molar-refractivity contribution in [3.05, 3.63) is 76.4 Å². The van der Waals surface area contributed by atoms with Crippen LogP contribution in [0.4, 0.5) is 0 Å². The Morgan fingerprint density at radius 3 is 1.94 bits per heavy atom. The first-order chi connectivity index (χ1) is 15.1. The number of phenolic OH excluding ortho intramolecular Hbond substituents is 1. The van der Waals surface area contributed by atoms with E-state index in [1.54, 1.807) is 0 Å². The lowest BCUT2D eigenvalue weighted by atomic mass is 9.78. The zero-order chi connectivity index (χ0) is 24.8. The number of ketones is 1. The third-order valence-electron chi connectivity index (χ3n) is 6.38. The molecule has 2 aromatic rings. The fourth-order valence-electron chi connectivity index (χ4n) is 4.44. The van der Waals surface area contributed by atoms with Gasteiger partial charge in [0, 0.05) is 23.1 Å². The molecule has 5 heteroatoms. The van der Waals surface area contributed by atoms with Gasteiger partial charge in [-0.25, -0.2) is 0 Å². The van der Waals surface area contributed by atoms with Crippen molar-refractivity contribution in [3.8, 4) is 5.75 Å². The van der Waals surface area contributed by atoms with Crippen molar-refractivity contribution < 1.29 is 9.90 Å². The van der Waals surface area contributed by atoms with Crippen LogP contribution >= 0.6 is 17.0 Å². The van der Waals surface area contributed by atoms with Crippen molar-refractivity contribution in [2.45, 2.75) is 78.2 Å². The second-order valence-electron chi connectivity index (χ2n) is 11.8. The van der Waals surface area contributed by atoms with Crippen LogP contribution in [0.5, 0.6) is 5.75 Å². The van der Waals surface area contributed by atoms with E-state index in [1.165, 1.54) is 0 Å². The fraction of sp³-hybridized carbons (Fsp3) is 0.448. The van der Waals surface area contributed by atoms with E-state index in [-0.39, 0.29) is 45.9 Å². The third kappa shape index (κ3) is 5.80. The SMILES string of the molecule is Br.CC(C)(C)c1cc(C(=O)CN2C(=N)C(Cc3ccccc3)=CC2(C)C)cc(C(C)(C)C)c1O. The van der Waals surface area contributed by atoms with Crippen molar-refractivity contribution in [3.63, 3.8) is 0 Å². The van der Waals surface area contributed by atoms with Crippen LogP contribution in [-0.2, 0) is 17.3 Å². The molecule has 0 amide bonds. The number of phenols is 1. The van der Waals surface area contributed by atoms with Crippen molar-refractivity contribution >= 4 is 28.6 Å². The number of hydrogen-bond acceptors (Lipinski definition) is 3. The van der Waals surface area contributed by atoms with E-state index in [4.69, 9.17) is 5.41 Å². The Balaban J connectivity index is 0.00000408. The van der Waals surface area contributed by atoms with Gasteiger partial charge in [-0.3, -0.25) is 10.2 Å². The summed E-state index contributed by atoms with van der Waals surface area (Å²) in [6.07, 6.45) is 2.78. The predicted octanol–water partition coefficient (Wildman–Crippen LogP) is 6.99. The molecule has 1 heterocycles. The molecule has 0 aliphatic carbocycles. The molecule has 0 saturated carbocycles. The number of halogens is 1. The Morgan fingerprint density at radius 2 is 1.47 bits per heavy atom. The number of amidine groups is 1. The number of nitrogens with one attached hydrogen (secondary N) is 1. The second kappa shape index (κ2) is 9.69. The molecule has 3 rings (SSSR count). The zero-order valence-electron chi connectivity index (χ0n) is 21.7. The van der Waals surface area contributed by atoms with Gasteiger partial charge in [-0.15, -0.1) is 17.0 Å². The van der Waals surface area contributed by atoms with E-state index in [2.05, 4.69) is 18.2 Å². The number of carbonyl (C=O) groups excluding carboxylic acids is 1. The van der Waals surface area contributed by atoms with Gasteiger partial charge in [0.15, 0.2) is 5.78 Å². The normalized spacial score (nSPS) is 15.7. The Kier molecular flexibility index (Phi) is 7.94. The van der Waals surface area contributed by atoms with Crippen LogP contribution in [0, 0.1) is 5.41 Å². The molecule has 0 radical (unpaired) electrons. The van der Waals surface area contributed by atoms with E-state index in [9.17, 15) is 9.90 Å². The first kappa shape index (κ1) is 27.8. The van der Waals surface area contributed by atoms with E-state index < -0.39 is 5.54 Å². The molecular formula is C29H39BrN2O2. The summed E-state index contributed by atoms with van der Waals surface area (Å²) in [6, 6.07) is 13.8. The summed E-state index contributed by atoms with van der Waals surface area (Å²) in [5, 5.41) is 19.8. The minimum absolute atomic E-state index is 0. The topological polar surface area (TPSA) is 64.4 Å². The molecule has 4 nitrogen and oxygen atoms in total. The summed E-state index contributed by atoms with van der Waals surface area (Å²) in [7, 11) is 0. The molecule has 0 saturated heterocycles. The molecular weight excluding hydrogens is 488 g/mol. The Hall–Kier alpha value is -2.40. The summed E-state index contributed by atoms with van der Waals surface area (Å²) in [6.45, 7) is 16.5.